The molecular formula is C70H51N5O. The number of nitrogens with zero attached hydrogens (tertiary/aromatic N) is 4. The molecule has 1 fully saturated rings. The summed E-state index contributed by atoms with van der Waals surface area (Å²) in [6.45, 7) is 4.78. The number of imidazole rings is 1. The van der Waals surface area contributed by atoms with Crippen LogP contribution in [-0.4, -0.2) is 26.9 Å². The standard InChI is InChI=1S/C70H51N5O/c1-68(2)57-27-13-12-26-53(57)56-42-54-47(41-58(56)68)33-35-51(43-18-6-3-7-19-43)52-36-32-45(39-55(52)54)46-34-37-62-59(40-46)69-63(30-17-31-64(69)76-62)70(69)73-65(44-20-8-4-9-21-44)72-66(74-70)48-22-16-23-49(38-48)67-71-60-28-14-15-29-61(60)75(67)50-24-10-5-11-25-50/h3-32,34,36-42,51,63H,33,35H2,1-2H3,(H,72,73,74). The Hall–Kier alpha value is -9.13. The Morgan fingerprint density at radius 2 is 1.26 bits per heavy atom. The van der Waals surface area contributed by atoms with Crippen molar-refractivity contribution in [2.75, 3.05) is 0 Å². The van der Waals surface area contributed by atoms with Crippen LogP contribution in [0.1, 0.15) is 70.7 Å². The number of para-hydroxylation sites is 3. The van der Waals surface area contributed by atoms with Gasteiger partial charge < -0.3 is 10.1 Å². The van der Waals surface area contributed by atoms with Gasteiger partial charge in [-0.2, -0.15) is 0 Å². The molecule has 0 amide bonds. The zero-order valence-electron chi connectivity index (χ0n) is 42.2. The summed E-state index contributed by atoms with van der Waals surface area (Å²) in [5.41, 5.74) is 20.1. The van der Waals surface area contributed by atoms with E-state index in [2.05, 4.69) is 248 Å². The first-order valence-electron chi connectivity index (χ1n) is 26.7. The number of hydrogen-bond acceptors (Lipinski definition) is 5. The number of amidine groups is 2. The summed E-state index contributed by atoms with van der Waals surface area (Å²) in [5.74, 6) is 4.33. The number of ether oxygens (including phenoxy) is 1. The van der Waals surface area contributed by atoms with E-state index in [4.69, 9.17) is 19.7 Å². The van der Waals surface area contributed by atoms with Gasteiger partial charge in [0.2, 0.25) is 0 Å². The highest BCUT2D eigenvalue weighted by molar-refractivity contribution is 6.17. The third kappa shape index (κ3) is 6.07. The first kappa shape index (κ1) is 43.3. The fourth-order valence-electron chi connectivity index (χ4n) is 13.9. The number of nitrogens with one attached hydrogen (secondary N) is 1. The molecule has 6 aliphatic rings. The molecule has 6 heteroatoms. The molecule has 1 N–H and O–H groups in total. The highest BCUT2D eigenvalue weighted by Gasteiger charge is 2.84. The van der Waals surface area contributed by atoms with E-state index in [0.717, 1.165) is 86.4 Å². The summed E-state index contributed by atoms with van der Waals surface area (Å²) in [6, 6.07) is 77.2. The van der Waals surface area contributed by atoms with Crippen LogP contribution in [-0.2, 0) is 17.3 Å². The molecule has 2 spiro atoms. The summed E-state index contributed by atoms with van der Waals surface area (Å²) in [7, 11) is 0. The summed E-state index contributed by atoms with van der Waals surface area (Å²) in [5, 5.41) is 3.75. The van der Waals surface area contributed by atoms with Crippen molar-refractivity contribution < 1.29 is 4.74 Å². The fraction of sp³-hybridized carbons (Fsp3) is 0.129. The van der Waals surface area contributed by atoms with Gasteiger partial charge in [0.25, 0.3) is 0 Å². The molecule has 1 saturated carbocycles. The third-order valence-electron chi connectivity index (χ3n) is 17.5. The number of fused-ring (bicyclic) bond motifs is 9. The van der Waals surface area contributed by atoms with Gasteiger partial charge in [0.1, 0.15) is 34.4 Å². The topological polar surface area (TPSA) is 63.8 Å². The van der Waals surface area contributed by atoms with Crippen LogP contribution in [0, 0.1) is 5.92 Å². The van der Waals surface area contributed by atoms with E-state index >= 15 is 0 Å². The first-order valence-corrected chi connectivity index (χ1v) is 26.7. The Balaban J connectivity index is 0.845. The molecule has 10 aromatic rings. The summed E-state index contributed by atoms with van der Waals surface area (Å²) in [4.78, 5) is 16.8. The minimum absolute atomic E-state index is 0.0695. The molecule has 0 radical (unpaired) electrons. The van der Waals surface area contributed by atoms with Gasteiger partial charge in [0.15, 0.2) is 5.66 Å². The SMILES string of the molecule is CC1(C)c2ccccc2-c2cc3c(cc21)CCC(c1ccccc1)c1ccc(-c2ccc4c(c2)C25C(=CC=CC2C52N=C(c5ccccc5)NC(c5cccc(-c6nc7ccccc7n6-c6ccccc6)c5)=N2)O4)cc1-3. The minimum atomic E-state index is -0.922. The van der Waals surface area contributed by atoms with E-state index in [1.165, 1.54) is 55.6 Å². The average Bonchev–Trinajstić information content (AvgIpc) is 3.92. The van der Waals surface area contributed by atoms with Gasteiger partial charge in [0, 0.05) is 45.2 Å². The van der Waals surface area contributed by atoms with Gasteiger partial charge in [-0.3, -0.25) is 4.57 Å². The van der Waals surface area contributed by atoms with Crippen molar-refractivity contribution >= 4 is 22.7 Å². The Morgan fingerprint density at radius 3 is 2.12 bits per heavy atom. The summed E-state index contributed by atoms with van der Waals surface area (Å²) < 4.78 is 9.21. The molecule has 2 aliphatic heterocycles. The maximum absolute atomic E-state index is 6.96. The zero-order chi connectivity index (χ0) is 50.3. The molecule has 3 heterocycles. The molecule has 6 nitrogen and oxygen atoms in total. The molecule has 4 unspecified atom stereocenters. The highest BCUT2D eigenvalue weighted by Crippen LogP contribution is 2.76. The van der Waals surface area contributed by atoms with Crippen LogP contribution in [0.2, 0.25) is 0 Å². The second kappa shape index (κ2) is 15.9. The molecule has 362 valence electrons. The number of aromatic nitrogens is 2. The molecule has 4 aliphatic carbocycles. The number of rotatable bonds is 6. The highest BCUT2D eigenvalue weighted by atomic mass is 16.5. The van der Waals surface area contributed by atoms with Gasteiger partial charge in [0.05, 0.1) is 11.0 Å². The van der Waals surface area contributed by atoms with Crippen LogP contribution in [0.5, 0.6) is 5.75 Å². The number of hydrogen-bond donors (Lipinski definition) is 1. The van der Waals surface area contributed by atoms with Crippen LogP contribution in [0.4, 0.5) is 0 Å². The Bertz CT molecular complexity index is 4220. The van der Waals surface area contributed by atoms with Crippen molar-refractivity contribution in [3.8, 4) is 56.2 Å². The average molecular weight is 978 g/mol. The van der Waals surface area contributed by atoms with Crippen LogP contribution in [0.15, 0.2) is 246 Å². The van der Waals surface area contributed by atoms with E-state index in [-0.39, 0.29) is 17.3 Å². The van der Waals surface area contributed by atoms with Gasteiger partial charge >= 0.3 is 0 Å². The third-order valence-corrected chi connectivity index (χ3v) is 17.5. The lowest BCUT2D eigenvalue weighted by Gasteiger charge is -2.25. The Labute approximate surface area is 442 Å². The normalized spacial score (nSPS) is 21.5. The van der Waals surface area contributed by atoms with Crippen molar-refractivity contribution in [1.82, 2.24) is 14.9 Å². The lowest BCUT2D eigenvalue weighted by atomic mass is 9.80. The van der Waals surface area contributed by atoms with Crippen LogP contribution in [0.25, 0.3) is 61.5 Å². The lowest BCUT2D eigenvalue weighted by Crippen LogP contribution is -2.40. The smallest absolute Gasteiger partial charge is 0.179 e. The van der Waals surface area contributed by atoms with E-state index in [1.807, 2.05) is 6.07 Å². The van der Waals surface area contributed by atoms with Gasteiger partial charge in [-0.1, -0.05) is 184 Å². The number of benzene rings is 9. The van der Waals surface area contributed by atoms with Crippen molar-refractivity contribution in [3.63, 3.8) is 0 Å². The van der Waals surface area contributed by atoms with Gasteiger partial charge in [-0.25, -0.2) is 15.0 Å². The van der Waals surface area contributed by atoms with Gasteiger partial charge in [-0.05, 0) is 135 Å². The minimum Gasteiger partial charge on any atom is -0.460 e. The van der Waals surface area contributed by atoms with Crippen LogP contribution >= 0.6 is 0 Å². The maximum atomic E-state index is 6.96. The summed E-state index contributed by atoms with van der Waals surface area (Å²) >= 11 is 0. The Kier molecular flexibility index (Phi) is 9.08. The van der Waals surface area contributed by atoms with E-state index in [9.17, 15) is 0 Å². The predicted molar refractivity (Wildman–Crippen MR) is 306 cm³/mol. The summed E-state index contributed by atoms with van der Waals surface area (Å²) in [6.07, 6.45) is 8.61. The molecule has 76 heavy (non-hydrogen) atoms. The monoisotopic (exact) mass is 977 g/mol. The number of aryl methyl sites for hydroxylation is 1. The molecule has 0 bridgehead atoms. The molecule has 0 saturated heterocycles. The first-order chi connectivity index (χ1) is 37.4. The quantitative estimate of drug-likeness (QED) is 0.181. The van der Waals surface area contributed by atoms with Gasteiger partial charge in [-0.15, -0.1) is 0 Å². The molecule has 4 atom stereocenters. The second-order valence-corrected chi connectivity index (χ2v) is 21.9. The molecule has 16 rings (SSSR count). The number of aliphatic imine (C=N–C) groups is 2. The number of allylic oxidation sites excluding steroid dienone is 2. The van der Waals surface area contributed by atoms with E-state index < -0.39 is 11.1 Å². The molecule has 9 aromatic carbocycles. The molecule has 1 aromatic heterocycles. The van der Waals surface area contributed by atoms with E-state index in [0.29, 0.717) is 0 Å². The van der Waals surface area contributed by atoms with E-state index in [1.54, 1.807) is 0 Å². The predicted octanol–water partition coefficient (Wildman–Crippen LogP) is 15.3. The fourth-order valence-corrected chi connectivity index (χ4v) is 13.9. The second-order valence-electron chi connectivity index (χ2n) is 21.9. The van der Waals surface area contributed by atoms with Crippen LogP contribution in [0.3, 0.4) is 0 Å². The van der Waals surface area contributed by atoms with Crippen molar-refractivity contribution in [3.05, 3.63) is 281 Å². The Morgan fingerprint density at radius 1 is 0.553 bits per heavy atom. The maximum Gasteiger partial charge on any atom is 0.179 e. The largest absolute Gasteiger partial charge is 0.460 e. The van der Waals surface area contributed by atoms with Crippen molar-refractivity contribution in [2.24, 2.45) is 15.9 Å². The lowest BCUT2D eigenvalue weighted by molar-refractivity contribution is 0.404. The molecular weight excluding hydrogens is 927 g/mol. The van der Waals surface area contributed by atoms with Crippen molar-refractivity contribution in [2.45, 2.75) is 49.1 Å². The van der Waals surface area contributed by atoms with Crippen LogP contribution < -0.4 is 10.1 Å². The zero-order valence-corrected chi connectivity index (χ0v) is 42.2. The van der Waals surface area contributed by atoms with Crippen molar-refractivity contribution in [1.29, 1.82) is 0 Å².